The molecule has 1 atom stereocenters. The molecule has 3 rings (SSSR count). The van der Waals surface area contributed by atoms with Crippen molar-refractivity contribution in [2.24, 2.45) is 11.8 Å². The monoisotopic (exact) mass is 305 g/mol. The SMILES string of the molecule is NN1CCCC(CS(=O)(=O)c2cccc3cnccc23)C1. The number of piperidine rings is 1. The molecule has 1 fully saturated rings. The minimum atomic E-state index is -3.32. The highest BCUT2D eigenvalue weighted by atomic mass is 32.2. The number of fused-ring (bicyclic) bond motifs is 1. The van der Waals surface area contributed by atoms with Gasteiger partial charge in [-0.15, -0.1) is 0 Å². The third-order valence-electron chi connectivity index (χ3n) is 3.98. The first-order valence-corrected chi connectivity index (χ1v) is 8.76. The van der Waals surface area contributed by atoms with Crippen molar-refractivity contribution in [3.8, 4) is 0 Å². The van der Waals surface area contributed by atoms with Crippen LogP contribution in [0.25, 0.3) is 10.8 Å². The van der Waals surface area contributed by atoms with E-state index in [4.69, 9.17) is 5.84 Å². The molecule has 6 heteroatoms. The number of aromatic nitrogens is 1. The van der Waals surface area contributed by atoms with Crippen molar-refractivity contribution in [1.29, 1.82) is 0 Å². The van der Waals surface area contributed by atoms with Crippen LogP contribution in [0.2, 0.25) is 0 Å². The molecular weight excluding hydrogens is 286 g/mol. The number of nitrogens with two attached hydrogens (primary N) is 1. The van der Waals surface area contributed by atoms with E-state index in [-0.39, 0.29) is 11.7 Å². The van der Waals surface area contributed by atoms with Crippen molar-refractivity contribution < 1.29 is 8.42 Å². The second-order valence-electron chi connectivity index (χ2n) is 5.64. The zero-order chi connectivity index (χ0) is 14.9. The van der Waals surface area contributed by atoms with Crippen molar-refractivity contribution in [3.63, 3.8) is 0 Å². The van der Waals surface area contributed by atoms with Gasteiger partial charge in [-0.05, 0) is 30.9 Å². The summed E-state index contributed by atoms with van der Waals surface area (Å²) in [6.07, 6.45) is 5.19. The van der Waals surface area contributed by atoms with Gasteiger partial charge in [-0.3, -0.25) is 10.8 Å². The minimum absolute atomic E-state index is 0.103. The summed E-state index contributed by atoms with van der Waals surface area (Å²) >= 11 is 0. The Kier molecular flexibility index (Phi) is 3.93. The van der Waals surface area contributed by atoms with Crippen LogP contribution in [-0.4, -0.2) is 37.3 Å². The molecule has 2 aromatic rings. The van der Waals surface area contributed by atoms with E-state index in [0.717, 1.165) is 30.2 Å². The van der Waals surface area contributed by atoms with Crippen LogP contribution < -0.4 is 5.84 Å². The standard InChI is InChI=1S/C15H19N3O2S/c16-18-8-2-3-12(10-18)11-21(19,20)15-5-1-4-13-9-17-7-6-14(13)15/h1,4-7,9,12H,2-3,8,10-11,16H2. The normalized spacial score (nSPS) is 20.7. The van der Waals surface area contributed by atoms with E-state index in [9.17, 15) is 8.42 Å². The Balaban J connectivity index is 1.93. The predicted molar refractivity (Wildman–Crippen MR) is 82.3 cm³/mol. The number of hydrogen-bond donors (Lipinski definition) is 1. The summed E-state index contributed by atoms with van der Waals surface area (Å²) in [7, 11) is -3.32. The lowest BCUT2D eigenvalue weighted by molar-refractivity contribution is 0.189. The molecular formula is C15H19N3O2S. The summed E-state index contributed by atoms with van der Waals surface area (Å²) in [4.78, 5) is 4.44. The molecule has 0 spiro atoms. The number of pyridine rings is 1. The summed E-state index contributed by atoms with van der Waals surface area (Å²) in [5.41, 5.74) is 0. The average Bonchev–Trinajstić information content (AvgIpc) is 2.46. The number of hydrogen-bond acceptors (Lipinski definition) is 5. The fourth-order valence-corrected chi connectivity index (χ4v) is 4.88. The molecule has 0 saturated carbocycles. The van der Waals surface area contributed by atoms with Crippen molar-refractivity contribution >= 4 is 20.6 Å². The second kappa shape index (κ2) is 5.71. The minimum Gasteiger partial charge on any atom is -0.269 e. The fraction of sp³-hybridized carbons (Fsp3) is 0.400. The van der Waals surface area contributed by atoms with Crippen LogP contribution >= 0.6 is 0 Å². The largest absolute Gasteiger partial charge is 0.269 e. The van der Waals surface area contributed by atoms with Gasteiger partial charge in [0.05, 0.1) is 10.6 Å². The molecule has 112 valence electrons. The number of rotatable bonds is 3. The zero-order valence-corrected chi connectivity index (χ0v) is 12.6. The molecule has 5 nitrogen and oxygen atoms in total. The summed E-state index contributed by atoms with van der Waals surface area (Å²) in [5, 5.41) is 3.31. The van der Waals surface area contributed by atoms with Crippen molar-refractivity contribution in [2.45, 2.75) is 17.7 Å². The highest BCUT2D eigenvalue weighted by Gasteiger charge is 2.26. The van der Waals surface area contributed by atoms with Gasteiger partial charge in [-0.25, -0.2) is 13.4 Å². The van der Waals surface area contributed by atoms with Crippen LogP contribution in [0, 0.1) is 5.92 Å². The van der Waals surface area contributed by atoms with Gasteiger partial charge in [0.2, 0.25) is 0 Å². The Bertz CT molecular complexity index is 740. The lowest BCUT2D eigenvalue weighted by Crippen LogP contribution is -2.42. The molecule has 1 aliphatic rings. The summed E-state index contributed by atoms with van der Waals surface area (Å²) in [6, 6.07) is 7.09. The van der Waals surface area contributed by atoms with Gasteiger partial charge in [0, 0.05) is 36.3 Å². The molecule has 1 unspecified atom stereocenters. The number of hydrazine groups is 1. The van der Waals surface area contributed by atoms with E-state index in [2.05, 4.69) is 4.98 Å². The average molecular weight is 305 g/mol. The van der Waals surface area contributed by atoms with Crippen LogP contribution in [0.1, 0.15) is 12.8 Å². The molecule has 21 heavy (non-hydrogen) atoms. The van der Waals surface area contributed by atoms with E-state index in [0.29, 0.717) is 11.4 Å². The zero-order valence-electron chi connectivity index (χ0n) is 11.8. The topological polar surface area (TPSA) is 76.3 Å². The van der Waals surface area contributed by atoms with Crippen molar-refractivity contribution in [2.75, 3.05) is 18.8 Å². The first-order valence-electron chi connectivity index (χ1n) is 7.11. The van der Waals surface area contributed by atoms with Gasteiger partial charge in [-0.2, -0.15) is 0 Å². The van der Waals surface area contributed by atoms with Crippen LogP contribution in [0.4, 0.5) is 0 Å². The van der Waals surface area contributed by atoms with E-state index < -0.39 is 9.84 Å². The van der Waals surface area contributed by atoms with E-state index in [1.165, 1.54) is 0 Å². The highest BCUT2D eigenvalue weighted by Crippen LogP contribution is 2.26. The Morgan fingerprint density at radius 2 is 2.19 bits per heavy atom. The lowest BCUT2D eigenvalue weighted by atomic mass is 10.0. The number of nitrogens with zero attached hydrogens (tertiary/aromatic N) is 2. The Labute approximate surface area is 124 Å². The third-order valence-corrected chi connectivity index (χ3v) is 5.92. The van der Waals surface area contributed by atoms with E-state index in [1.54, 1.807) is 35.6 Å². The van der Waals surface area contributed by atoms with Crippen LogP contribution in [0.3, 0.4) is 0 Å². The summed E-state index contributed by atoms with van der Waals surface area (Å²) in [5.74, 6) is 6.06. The number of sulfone groups is 1. The predicted octanol–water partition coefficient (Wildman–Crippen LogP) is 1.59. The van der Waals surface area contributed by atoms with Crippen molar-refractivity contribution in [1.82, 2.24) is 9.99 Å². The van der Waals surface area contributed by atoms with Crippen molar-refractivity contribution in [3.05, 3.63) is 36.7 Å². The Hall–Kier alpha value is -1.50. The van der Waals surface area contributed by atoms with Crippen LogP contribution in [-0.2, 0) is 9.84 Å². The van der Waals surface area contributed by atoms with Crippen LogP contribution in [0.15, 0.2) is 41.6 Å². The van der Waals surface area contributed by atoms with Gasteiger partial charge in [0.1, 0.15) is 0 Å². The molecule has 1 aliphatic heterocycles. The van der Waals surface area contributed by atoms with Gasteiger partial charge in [0.25, 0.3) is 0 Å². The van der Waals surface area contributed by atoms with Gasteiger partial charge < -0.3 is 0 Å². The molecule has 1 aromatic carbocycles. The fourth-order valence-electron chi connectivity index (χ4n) is 3.00. The Morgan fingerprint density at radius 1 is 1.33 bits per heavy atom. The van der Waals surface area contributed by atoms with Gasteiger partial charge >= 0.3 is 0 Å². The first kappa shape index (κ1) is 14.4. The summed E-state index contributed by atoms with van der Waals surface area (Å²) < 4.78 is 25.5. The van der Waals surface area contributed by atoms with Crippen LogP contribution in [0.5, 0.6) is 0 Å². The molecule has 0 aliphatic carbocycles. The second-order valence-corrected chi connectivity index (χ2v) is 7.64. The molecule has 2 heterocycles. The molecule has 0 bridgehead atoms. The molecule has 1 saturated heterocycles. The van der Waals surface area contributed by atoms with E-state index >= 15 is 0 Å². The Morgan fingerprint density at radius 3 is 3.00 bits per heavy atom. The maximum absolute atomic E-state index is 12.7. The molecule has 0 amide bonds. The quantitative estimate of drug-likeness (QED) is 0.872. The smallest absolute Gasteiger partial charge is 0.179 e. The van der Waals surface area contributed by atoms with Gasteiger partial charge in [-0.1, -0.05) is 12.1 Å². The maximum Gasteiger partial charge on any atom is 0.179 e. The van der Waals surface area contributed by atoms with E-state index in [1.807, 2.05) is 6.07 Å². The number of benzene rings is 1. The molecule has 1 aromatic heterocycles. The third kappa shape index (κ3) is 3.07. The first-order chi connectivity index (χ1) is 10.1. The molecule has 2 N–H and O–H groups in total. The molecule has 0 radical (unpaired) electrons. The highest BCUT2D eigenvalue weighted by molar-refractivity contribution is 7.91. The van der Waals surface area contributed by atoms with Gasteiger partial charge in [0.15, 0.2) is 9.84 Å². The maximum atomic E-state index is 12.7. The lowest BCUT2D eigenvalue weighted by Gasteiger charge is -2.29. The summed E-state index contributed by atoms with van der Waals surface area (Å²) in [6.45, 7) is 1.49.